The Balaban J connectivity index is 2.73. The number of amides is 1. The Morgan fingerprint density at radius 3 is 2.41 bits per heavy atom. The maximum atomic E-state index is 11.7. The summed E-state index contributed by atoms with van der Waals surface area (Å²) in [6, 6.07) is -0.620. The van der Waals surface area contributed by atoms with E-state index >= 15 is 0 Å². The van der Waals surface area contributed by atoms with Gasteiger partial charge in [-0.3, -0.25) is 4.79 Å². The number of carbonyl (C=O) groups excluding carboxylic acids is 1. The standard InChI is InChI=1S/C12H22N2O3/c1-3-9(13)10(15)14-12(11(16)17)6-4-8(2)5-7-12/h8-9H,3-7,13H2,1-2H3,(H,14,15)(H,16,17). The molecule has 1 aliphatic rings. The van der Waals surface area contributed by atoms with Crippen LogP contribution in [0.15, 0.2) is 0 Å². The van der Waals surface area contributed by atoms with Crippen molar-refractivity contribution < 1.29 is 14.7 Å². The average molecular weight is 242 g/mol. The van der Waals surface area contributed by atoms with E-state index in [-0.39, 0.29) is 5.91 Å². The van der Waals surface area contributed by atoms with Gasteiger partial charge in [0.2, 0.25) is 5.91 Å². The molecule has 0 aromatic heterocycles. The van der Waals surface area contributed by atoms with Crippen molar-refractivity contribution in [1.29, 1.82) is 0 Å². The van der Waals surface area contributed by atoms with E-state index in [0.717, 1.165) is 12.8 Å². The predicted molar refractivity (Wildman–Crippen MR) is 64.4 cm³/mol. The quantitative estimate of drug-likeness (QED) is 0.682. The summed E-state index contributed by atoms with van der Waals surface area (Å²) in [6.07, 6.45) is 3.15. The molecular formula is C12H22N2O3. The SMILES string of the molecule is CCC(N)C(=O)NC1(C(=O)O)CCC(C)CC1. The molecule has 1 rings (SSSR count). The normalized spacial score (nSPS) is 30.6. The Bertz CT molecular complexity index is 296. The van der Waals surface area contributed by atoms with Crippen LogP contribution in [0.2, 0.25) is 0 Å². The van der Waals surface area contributed by atoms with Crippen LogP contribution in [0.25, 0.3) is 0 Å². The molecule has 1 unspecified atom stereocenters. The van der Waals surface area contributed by atoms with Crippen molar-refractivity contribution in [2.45, 2.75) is 57.5 Å². The van der Waals surface area contributed by atoms with Gasteiger partial charge in [-0.15, -0.1) is 0 Å². The average Bonchev–Trinajstić information content (AvgIpc) is 2.30. The molecule has 0 heterocycles. The van der Waals surface area contributed by atoms with Crippen molar-refractivity contribution >= 4 is 11.9 Å². The van der Waals surface area contributed by atoms with Crippen molar-refractivity contribution in [1.82, 2.24) is 5.32 Å². The monoisotopic (exact) mass is 242 g/mol. The summed E-state index contributed by atoms with van der Waals surface area (Å²) >= 11 is 0. The number of nitrogens with one attached hydrogen (secondary N) is 1. The first-order valence-corrected chi connectivity index (χ1v) is 6.22. The van der Waals surface area contributed by atoms with E-state index in [0.29, 0.717) is 25.2 Å². The Labute approximate surface area is 102 Å². The minimum atomic E-state index is -1.10. The number of carboxylic acids is 1. The molecule has 0 aliphatic heterocycles. The summed E-state index contributed by atoms with van der Waals surface area (Å²) in [5.41, 5.74) is 4.51. The van der Waals surface area contributed by atoms with Gasteiger partial charge < -0.3 is 16.2 Å². The van der Waals surface area contributed by atoms with Gasteiger partial charge in [0.05, 0.1) is 6.04 Å². The second kappa shape index (κ2) is 5.49. The first-order chi connectivity index (χ1) is 7.91. The molecule has 1 atom stereocenters. The molecule has 1 amide bonds. The number of nitrogens with two attached hydrogens (primary N) is 1. The zero-order valence-electron chi connectivity index (χ0n) is 10.5. The largest absolute Gasteiger partial charge is 0.480 e. The maximum absolute atomic E-state index is 11.7. The van der Waals surface area contributed by atoms with E-state index in [1.54, 1.807) is 6.92 Å². The Kier molecular flexibility index (Phi) is 4.51. The Morgan fingerprint density at radius 1 is 1.47 bits per heavy atom. The number of hydrogen-bond acceptors (Lipinski definition) is 3. The third-order valence-corrected chi connectivity index (χ3v) is 3.68. The van der Waals surface area contributed by atoms with E-state index < -0.39 is 17.6 Å². The topological polar surface area (TPSA) is 92.4 Å². The zero-order valence-corrected chi connectivity index (χ0v) is 10.5. The van der Waals surface area contributed by atoms with E-state index in [2.05, 4.69) is 12.2 Å². The highest BCUT2D eigenvalue weighted by Gasteiger charge is 2.42. The lowest BCUT2D eigenvalue weighted by atomic mass is 9.77. The van der Waals surface area contributed by atoms with Crippen LogP contribution in [0.3, 0.4) is 0 Å². The molecule has 0 saturated heterocycles. The Morgan fingerprint density at radius 2 is 2.00 bits per heavy atom. The van der Waals surface area contributed by atoms with E-state index in [1.165, 1.54) is 0 Å². The smallest absolute Gasteiger partial charge is 0.329 e. The van der Waals surface area contributed by atoms with Crippen molar-refractivity contribution in [3.05, 3.63) is 0 Å². The molecule has 0 spiro atoms. The minimum absolute atomic E-state index is 0.357. The molecule has 0 aromatic carbocycles. The maximum Gasteiger partial charge on any atom is 0.329 e. The summed E-state index contributed by atoms with van der Waals surface area (Å²) in [4.78, 5) is 23.1. The third kappa shape index (κ3) is 3.19. The number of carbonyl (C=O) groups is 2. The molecule has 4 N–H and O–H groups in total. The van der Waals surface area contributed by atoms with E-state index in [1.807, 2.05) is 0 Å². The summed E-state index contributed by atoms with van der Waals surface area (Å²) in [5, 5.41) is 12.0. The predicted octanol–water partition coefficient (Wildman–Crippen LogP) is 0.873. The van der Waals surface area contributed by atoms with Crippen molar-refractivity contribution in [3.8, 4) is 0 Å². The summed E-state index contributed by atoms with van der Waals surface area (Å²) < 4.78 is 0. The molecule has 0 radical (unpaired) electrons. The highest BCUT2D eigenvalue weighted by molar-refractivity contribution is 5.89. The van der Waals surface area contributed by atoms with Gasteiger partial charge in [0, 0.05) is 0 Å². The Hall–Kier alpha value is -1.10. The summed E-state index contributed by atoms with van der Waals surface area (Å²) in [7, 11) is 0. The van der Waals surface area contributed by atoms with Crippen LogP contribution >= 0.6 is 0 Å². The number of aliphatic carboxylic acids is 1. The number of carboxylic acid groups (broad SMARTS) is 1. The van der Waals surface area contributed by atoms with Crippen LogP contribution in [0.4, 0.5) is 0 Å². The second-order valence-electron chi connectivity index (χ2n) is 5.07. The lowest BCUT2D eigenvalue weighted by molar-refractivity contribution is -0.149. The lowest BCUT2D eigenvalue weighted by Crippen LogP contribution is -2.59. The molecule has 1 fully saturated rings. The third-order valence-electron chi connectivity index (χ3n) is 3.68. The highest BCUT2D eigenvalue weighted by Crippen LogP contribution is 2.32. The van der Waals surface area contributed by atoms with Crippen LogP contribution in [-0.4, -0.2) is 28.6 Å². The fraction of sp³-hybridized carbons (Fsp3) is 0.833. The first-order valence-electron chi connectivity index (χ1n) is 6.22. The van der Waals surface area contributed by atoms with Gasteiger partial charge in [-0.25, -0.2) is 4.79 Å². The first kappa shape index (κ1) is 14.0. The van der Waals surface area contributed by atoms with E-state index in [4.69, 9.17) is 5.73 Å². The number of hydrogen-bond donors (Lipinski definition) is 3. The van der Waals surface area contributed by atoms with Crippen LogP contribution in [0.5, 0.6) is 0 Å². The minimum Gasteiger partial charge on any atom is -0.480 e. The molecule has 1 aliphatic carbocycles. The fourth-order valence-electron chi connectivity index (χ4n) is 2.16. The molecule has 17 heavy (non-hydrogen) atoms. The van der Waals surface area contributed by atoms with E-state index in [9.17, 15) is 14.7 Å². The van der Waals surface area contributed by atoms with Crippen molar-refractivity contribution in [3.63, 3.8) is 0 Å². The van der Waals surface area contributed by atoms with Gasteiger partial charge in [0.15, 0.2) is 0 Å². The second-order valence-corrected chi connectivity index (χ2v) is 5.07. The van der Waals surface area contributed by atoms with Gasteiger partial charge in [-0.1, -0.05) is 13.8 Å². The number of rotatable bonds is 4. The van der Waals surface area contributed by atoms with Gasteiger partial charge in [-0.05, 0) is 38.0 Å². The van der Waals surface area contributed by atoms with Crippen LogP contribution in [-0.2, 0) is 9.59 Å². The van der Waals surface area contributed by atoms with Gasteiger partial charge in [0.25, 0.3) is 0 Å². The molecule has 98 valence electrons. The molecule has 1 saturated carbocycles. The lowest BCUT2D eigenvalue weighted by Gasteiger charge is -2.37. The molecule has 5 heteroatoms. The molecular weight excluding hydrogens is 220 g/mol. The molecule has 5 nitrogen and oxygen atoms in total. The summed E-state index contributed by atoms with van der Waals surface area (Å²) in [5.74, 6) is -0.773. The highest BCUT2D eigenvalue weighted by atomic mass is 16.4. The van der Waals surface area contributed by atoms with Crippen molar-refractivity contribution in [2.75, 3.05) is 0 Å². The van der Waals surface area contributed by atoms with Gasteiger partial charge >= 0.3 is 5.97 Å². The zero-order chi connectivity index (χ0) is 13.1. The van der Waals surface area contributed by atoms with Gasteiger partial charge in [-0.2, -0.15) is 0 Å². The van der Waals surface area contributed by atoms with Crippen molar-refractivity contribution in [2.24, 2.45) is 11.7 Å². The molecule has 0 aromatic rings. The van der Waals surface area contributed by atoms with Crippen LogP contribution in [0.1, 0.15) is 46.0 Å². The fourth-order valence-corrected chi connectivity index (χ4v) is 2.16. The van der Waals surface area contributed by atoms with Gasteiger partial charge in [0.1, 0.15) is 5.54 Å². The van der Waals surface area contributed by atoms with Crippen LogP contribution in [0, 0.1) is 5.92 Å². The summed E-state index contributed by atoms with van der Waals surface area (Å²) in [6.45, 7) is 3.91. The molecule has 0 bridgehead atoms. The van der Waals surface area contributed by atoms with Crippen LogP contribution < -0.4 is 11.1 Å².